The molecule has 0 radical (unpaired) electrons. The second kappa shape index (κ2) is 4.59. The van der Waals surface area contributed by atoms with Crippen molar-refractivity contribution in [3.63, 3.8) is 0 Å². The van der Waals surface area contributed by atoms with Gasteiger partial charge in [-0.15, -0.1) is 0 Å². The predicted octanol–water partition coefficient (Wildman–Crippen LogP) is 1.25. The highest BCUT2D eigenvalue weighted by atomic mass is 79.9. The van der Waals surface area contributed by atoms with Gasteiger partial charge in [0.15, 0.2) is 11.6 Å². The summed E-state index contributed by atoms with van der Waals surface area (Å²) in [4.78, 5) is 10.5. The Balaban J connectivity index is 2.92. The Morgan fingerprint density at radius 3 is 2.67 bits per heavy atom. The minimum atomic E-state index is -1.15. The van der Waals surface area contributed by atoms with Gasteiger partial charge in [-0.25, -0.2) is 4.39 Å². The van der Waals surface area contributed by atoms with Crippen molar-refractivity contribution in [3.05, 3.63) is 28.0 Å². The van der Waals surface area contributed by atoms with Gasteiger partial charge in [0.05, 0.1) is 4.47 Å². The lowest BCUT2D eigenvalue weighted by atomic mass is 10.1. The number of carboxylic acids is 1. The molecule has 6 heteroatoms. The van der Waals surface area contributed by atoms with Gasteiger partial charge in [-0.2, -0.15) is 0 Å². The molecule has 1 atom stereocenters. The topological polar surface area (TPSA) is 83.5 Å². The molecule has 0 aliphatic heterocycles. The lowest BCUT2D eigenvalue weighted by molar-refractivity contribution is -0.138. The monoisotopic (exact) mass is 277 g/mol. The zero-order valence-corrected chi connectivity index (χ0v) is 9.16. The number of carboxylic acid groups (broad SMARTS) is 1. The van der Waals surface area contributed by atoms with Crippen LogP contribution >= 0.6 is 15.9 Å². The van der Waals surface area contributed by atoms with Gasteiger partial charge in [0.1, 0.15) is 6.04 Å². The van der Waals surface area contributed by atoms with Gasteiger partial charge >= 0.3 is 5.97 Å². The van der Waals surface area contributed by atoms with Crippen LogP contribution in [-0.4, -0.2) is 22.2 Å². The quantitative estimate of drug-likeness (QED) is 0.777. The van der Waals surface area contributed by atoms with E-state index in [1.807, 2.05) is 0 Å². The van der Waals surface area contributed by atoms with Gasteiger partial charge in [-0.3, -0.25) is 4.79 Å². The predicted molar refractivity (Wildman–Crippen MR) is 55.1 cm³/mol. The molecule has 0 aliphatic rings. The number of rotatable bonds is 3. The van der Waals surface area contributed by atoms with Crippen LogP contribution in [0.4, 0.5) is 4.39 Å². The summed E-state index contributed by atoms with van der Waals surface area (Å²) in [7, 11) is 0. The van der Waals surface area contributed by atoms with E-state index in [4.69, 9.17) is 15.9 Å². The minimum Gasteiger partial charge on any atom is -0.504 e. The summed E-state index contributed by atoms with van der Waals surface area (Å²) in [6.45, 7) is 0. The van der Waals surface area contributed by atoms with E-state index in [0.29, 0.717) is 5.56 Å². The molecule has 0 aromatic heterocycles. The van der Waals surface area contributed by atoms with Crippen LogP contribution in [0, 0.1) is 5.82 Å². The molecule has 0 aliphatic carbocycles. The maximum atomic E-state index is 13.0. The van der Waals surface area contributed by atoms with E-state index in [1.165, 1.54) is 6.07 Å². The number of phenols is 1. The van der Waals surface area contributed by atoms with E-state index in [-0.39, 0.29) is 10.9 Å². The smallest absolute Gasteiger partial charge is 0.320 e. The summed E-state index contributed by atoms with van der Waals surface area (Å²) < 4.78 is 13.2. The normalized spacial score (nSPS) is 12.5. The summed E-state index contributed by atoms with van der Waals surface area (Å²) in [5, 5.41) is 17.7. The summed E-state index contributed by atoms with van der Waals surface area (Å²) >= 11 is 2.95. The highest BCUT2D eigenvalue weighted by Gasteiger charge is 2.14. The standard InChI is InChI=1S/C9H9BrFNO3/c10-5-1-4(2-6(11)8(5)13)3-7(12)9(14)15/h1-2,7,13H,3,12H2,(H,14,15)/t7-/m0/s1. The summed E-state index contributed by atoms with van der Waals surface area (Å²) in [5.74, 6) is -2.46. The zero-order chi connectivity index (χ0) is 11.6. The molecule has 1 aromatic rings. The van der Waals surface area contributed by atoms with Crippen LogP contribution in [0.1, 0.15) is 5.56 Å². The van der Waals surface area contributed by atoms with Crippen LogP contribution in [0.3, 0.4) is 0 Å². The molecule has 15 heavy (non-hydrogen) atoms. The number of hydrogen-bond acceptors (Lipinski definition) is 3. The molecule has 0 unspecified atom stereocenters. The van der Waals surface area contributed by atoms with Gasteiger partial charge < -0.3 is 15.9 Å². The second-order valence-corrected chi connectivity index (χ2v) is 3.91. The molecule has 82 valence electrons. The molecule has 0 saturated carbocycles. The Morgan fingerprint density at radius 1 is 1.60 bits per heavy atom. The number of hydrogen-bond donors (Lipinski definition) is 3. The lowest BCUT2D eigenvalue weighted by Crippen LogP contribution is -2.32. The largest absolute Gasteiger partial charge is 0.504 e. The Morgan fingerprint density at radius 2 is 2.20 bits per heavy atom. The van der Waals surface area contributed by atoms with Crippen molar-refractivity contribution in [2.75, 3.05) is 0 Å². The second-order valence-electron chi connectivity index (χ2n) is 3.06. The van der Waals surface area contributed by atoms with Gasteiger partial charge in [0.2, 0.25) is 0 Å². The SMILES string of the molecule is N[C@@H](Cc1cc(F)c(O)c(Br)c1)C(=O)O. The summed E-state index contributed by atoms with van der Waals surface area (Å²) in [6, 6.07) is 1.41. The van der Waals surface area contributed by atoms with Crippen LogP contribution in [0.5, 0.6) is 5.75 Å². The van der Waals surface area contributed by atoms with Crippen molar-refractivity contribution < 1.29 is 19.4 Å². The number of halogens is 2. The van der Waals surface area contributed by atoms with Gasteiger partial charge in [0, 0.05) is 0 Å². The highest BCUT2D eigenvalue weighted by molar-refractivity contribution is 9.10. The van der Waals surface area contributed by atoms with Crippen molar-refractivity contribution >= 4 is 21.9 Å². The fraction of sp³-hybridized carbons (Fsp3) is 0.222. The molecule has 1 rings (SSSR count). The Labute approximate surface area is 93.6 Å². The van der Waals surface area contributed by atoms with E-state index in [2.05, 4.69) is 15.9 Å². The molecule has 0 heterocycles. The molecule has 0 bridgehead atoms. The van der Waals surface area contributed by atoms with E-state index < -0.39 is 23.6 Å². The van der Waals surface area contributed by atoms with Gasteiger partial charge in [-0.05, 0) is 40.0 Å². The first-order valence-electron chi connectivity index (χ1n) is 4.07. The van der Waals surface area contributed by atoms with Gasteiger partial charge in [-0.1, -0.05) is 0 Å². The molecule has 0 spiro atoms. The molecule has 4 nitrogen and oxygen atoms in total. The zero-order valence-electron chi connectivity index (χ0n) is 7.58. The highest BCUT2D eigenvalue weighted by Crippen LogP contribution is 2.28. The van der Waals surface area contributed by atoms with Crippen LogP contribution in [0.2, 0.25) is 0 Å². The fourth-order valence-electron chi connectivity index (χ4n) is 1.08. The molecule has 0 fully saturated rings. The van der Waals surface area contributed by atoms with Crippen LogP contribution in [0.15, 0.2) is 16.6 Å². The maximum absolute atomic E-state index is 13.0. The van der Waals surface area contributed by atoms with Crippen LogP contribution in [0.25, 0.3) is 0 Å². The number of aromatic hydroxyl groups is 1. The Bertz CT molecular complexity index is 374. The molecule has 4 N–H and O–H groups in total. The number of phenolic OH excluding ortho intramolecular Hbond substituents is 1. The molecule has 0 amide bonds. The van der Waals surface area contributed by atoms with Gasteiger partial charge in [0.25, 0.3) is 0 Å². The van der Waals surface area contributed by atoms with Crippen molar-refractivity contribution in [1.82, 2.24) is 0 Å². The number of nitrogens with two attached hydrogens (primary N) is 1. The maximum Gasteiger partial charge on any atom is 0.320 e. The van der Waals surface area contributed by atoms with Crippen molar-refractivity contribution in [3.8, 4) is 5.75 Å². The van der Waals surface area contributed by atoms with E-state index in [9.17, 15) is 9.18 Å². The van der Waals surface area contributed by atoms with E-state index >= 15 is 0 Å². The fourth-order valence-corrected chi connectivity index (χ4v) is 1.56. The molecular weight excluding hydrogens is 269 g/mol. The lowest BCUT2D eigenvalue weighted by Gasteiger charge is -2.08. The number of benzene rings is 1. The first-order valence-corrected chi connectivity index (χ1v) is 4.86. The first-order chi connectivity index (χ1) is 6.91. The third-order valence-corrected chi connectivity index (χ3v) is 2.45. The average Bonchev–Trinajstić information content (AvgIpc) is 2.13. The van der Waals surface area contributed by atoms with Crippen LogP contribution in [-0.2, 0) is 11.2 Å². The Hall–Kier alpha value is -1.14. The van der Waals surface area contributed by atoms with Crippen molar-refractivity contribution in [1.29, 1.82) is 0 Å². The third kappa shape index (κ3) is 2.90. The minimum absolute atomic E-state index is 0.00509. The van der Waals surface area contributed by atoms with E-state index in [1.54, 1.807) is 0 Å². The number of carbonyl (C=O) groups is 1. The van der Waals surface area contributed by atoms with E-state index in [0.717, 1.165) is 6.07 Å². The number of aliphatic carboxylic acids is 1. The first kappa shape index (κ1) is 11.9. The molecular formula is C9H9BrFNO3. The average molecular weight is 278 g/mol. The Kier molecular flexibility index (Phi) is 3.65. The molecule has 0 saturated heterocycles. The summed E-state index contributed by atoms with van der Waals surface area (Å²) in [6.07, 6.45) is 0.00509. The summed E-state index contributed by atoms with van der Waals surface area (Å²) in [5.41, 5.74) is 5.70. The molecule has 1 aromatic carbocycles. The van der Waals surface area contributed by atoms with Crippen molar-refractivity contribution in [2.45, 2.75) is 12.5 Å². The van der Waals surface area contributed by atoms with Crippen molar-refractivity contribution in [2.24, 2.45) is 5.73 Å². The third-order valence-electron chi connectivity index (χ3n) is 1.85. The van der Waals surface area contributed by atoms with Crippen LogP contribution < -0.4 is 5.73 Å².